The molecule has 0 spiro atoms. The summed E-state index contributed by atoms with van der Waals surface area (Å²) in [4.78, 5) is 2.41. The van der Waals surface area contributed by atoms with Gasteiger partial charge >= 0.3 is 0 Å². The zero-order valence-corrected chi connectivity index (χ0v) is 10.9. The van der Waals surface area contributed by atoms with E-state index in [2.05, 4.69) is 24.8 Å². The molecule has 1 fully saturated rings. The Morgan fingerprint density at radius 1 is 1.40 bits per heavy atom. The standard InChI is InChI=1S/C11H17NOS2/c1-11(2)8-9(7-10(14)15-11)12-3-5-13-6-4-12/h7H,3-6,8H2,1-2H3. The van der Waals surface area contributed by atoms with E-state index in [0.29, 0.717) is 0 Å². The highest BCUT2D eigenvalue weighted by molar-refractivity contribution is 8.24. The van der Waals surface area contributed by atoms with Crippen LogP contribution in [0.15, 0.2) is 11.8 Å². The fraction of sp³-hybridized carbons (Fsp3) is 0.727. The van der Waals surface area contributed by atoms with Crippen molar-refractivity contribution >= 4 is 28.2 Å². The average Bonchev–Trinajstić information content (AvgIpc) is 2.16. The average molecular weight is 243 g/mol. The third-order valence-electron chi connectivity index (χ3n) is 2.69. The second-order valence-electron chi connectivity index (χ2n) is 4.59. The molecular formula is C11H17NOS2. The second kappa shape index (κ2) is 4.44. The van der Waals surface area contributed by atoms with Crippen LogP contribution in [0.5, 0.6) is 0 Å². The van der Waals surface area contributed by atoms with E-state index in [4.69, 9.17) is 17.0 Å². The van der Waals surface area contributed by atoms with Crippen LogP contribution in [-0.4, -0.2) is 40.1 Å². The lowest BCUT2D eigenvalue weighted by atomic mass is 10.0. The first kappa shape index (κ1) is 11.4. The highest BCUT2D eigenvalue weighted by Gasteiger charge is 2.29. The number of thioether (sulfide) groups is 1. The summed E-state index contributed by atoms with van der Waals surface area (Å²) < 4.78 is 6.63. The predicted octanol–water partition coefficient (Wildman–Crippen LogP) is 2.45. The molecule has 2 nitrogen and oxygen atoms in total. The van der Waals surface area contributed by atoms with E-state index in [1.807, 2.05) is 11.8 Å². The molecule has 0 bridgehead atoms. The van der Waals surface area contributed by atoms with Gasteiger partial charge in [-0.1, -0.05) is 12.2 Å². The Morgan fingerprint density at radius 3 is 2.67 bits per heavy atom. The van der Waals surface area contributed by atoms with Crippen LogP contribution in [0, 0.1) is 0 Å². The van der Waals surface area contributed by atoms with Crippen LogP contribution >= 0.6 is 24.0 Å². The van der Waals surface area contributed by atoms with Crippen molar-refractivity contribution in [3.05, 3.63) is 11.8 Å². The van der Waals surface area contributed by atoms with Gasteiger partial charge in [0.1, 0.15) is 0 Å². The summed E-state index contributed by atoms with van der Waals surface area (Å²) in [5, 5.41) is 0. The summed E-state index contributed by atoms with van der Waals surface area (Å²) in [5.41, 5.74) is 1.40. The molecule has 4 heteroatoms. The molecule has 0 aromatic rings. The minimum Gasteiger partial charge on any atom is -0.378 e. The molecule has 0 saturated carbocycles. The molecule has 0 atom stereocenters. The topological polar surface area (TPSA) is 12.5 Å². The van der Waals surface area contributed by atoms with Gasteiger partial charge in [0.15, 0.2) is 0 Å². The first-order valence-corrected chi connectivity index (χ1v) is 6.55. The summed E-state index contributed by atoms with van der Waals surface area (Å²) in [7, 11) is 0. The maximum absolute atomic E-state index is 5.36. The normalized spacial score (nSPS) is 26.4. The van der Waals surface area contributed by atoms with E-state index in [-0.39, 0.29) is 4.75 Å². The first-order chi connectivity index (χ1) is 7.07. The van der Waals surface area contributed by atoms with Gasteiger partial charge in [0.25, 0.3) is 0 Å². The van der Waals surface area contributed by atoms with Gasteiger partial charge in [-0.2, -0.15) is 0 Å². The van der Waals surface area contributed by atoms with Crippen LogP contribution in [0.4, 0.5) is 0 Å². The molecule has 0 amide bonds. The lowest BCUT2D eigenvalue weighted by Gasteiger charge is -2.37. The fourth-order valence-corrected chi connectivity index (χ4v) is 3.79. The number of allylic oxidation sites excluding steroid dienone is 1. The summed E-state index contributed by atoms with van der Waals surface area (Å²) in [6.07, 6.45) is 3.27. The smallest absolute Gasteiger partial charge is 0.0728 e. The summed E-state index contributed by atoms with van der Waals surface area (Å²) >= 11 is 7.14. The van der Waals surface area contributed by atoms with Gasteiger partial charge in [0.05, 0.1) is 17.4 Å². The third-order valence-corrected chi connectivity index (χ3v) is 4.07. The van der Waals surface area contributed by atoms with E-state index in [0.717, 1.165) is 36.9 Å². The van der Waals surface area contributed by atoms with Gasteiger partial charge in [0, 0.05) is 30.0 Å². The molecule has 1 saturated heterocycles. The van der Waals surface area contributed by atoms with Crippen molar-refractivity contribution in [2.75, 3.05) is 26.3 Å². The molecule has 2 heterocycles. The number of hydrogen-bond acceptors (Lipinski definition) is 4. The molecule has 15 heavy (non-hydrogen) atoms. The molecule has 0 aromatic carbocycles. The van der Waals surface area contributed by atoms with Crippen molar-refractivity contribution in [2.24, 2.45) is 0 Å². The Kier molecular flexibility index (Phi) is 3.38. The molecule has 2 rings (SSSR count). The fourth-order valence-electron chi connectivity index (χ4n) is 2.01. The van der Waals surface area contributed by atoms with Crippen LogP contribution < -0.4 is 0 Å². The number of ether oxygens (including phenoxy) is 1. The number of nitrogens with zero attached hydrogens (tertiary/aromatic N) is 1. The van der Waals surface area contributed by atoms with Crippen LogP contribution in [0.2, 0.25) is 0 Å². The Hall–Kier alpha value is -0.0600. The molecular weight excluding hydrogens is 226 g/mol. The number of hydrogen-bond donors (Lipinski definition) is 0. The lowest BCUT2D eigenvalue weighted by Crippen LogP contribution is -2.39. The van der Waals surface area contributed by atoms with Gasteiger partial charge in [-0.25, -0.2) is 0 Å². The Balaban J connectivity index is 2.10. The third kappa shape index (κ3) is 2.95. The molecule has 0 radical (unpaired) electrons. The minimum absolute atomic E-state index is 0.249. The monoisotopic (exact) mass is 243 g/mol. The predicted molar refractivity (Wildman–Crippen MR) is 69.4 cm³/mol. The van der Waals surface area contributed by atoms with E-state index in [1.165, 1.54) is 5.70 Å². The van der Waals surface area contributed by atoms with Crippen molar-refractivity contribution in [1.82, 2.24) is 4.90 Å². The summed E-state index contributed by atoms with van der Waals surface area (Å²) in [6.45, 7) is 8.23. The van der Waals surface area contributed by atoms with Gasteiger partial charge in [-0.15, -0.1) is 11.8 Å². The number of rotatable bonds is 1. The zero-order valence-electron chi connectivity index (χ0n) is 9.28. The highest BCUT2D eigenvalue weighted by Crippen LogP contribution is 2.38. The Labute approximate surface area is 101 Å². The summed E-state index contributed by atoms with van der Waals surface area (Å²) in [6, 6.07) is 0. The van der Waals surface area contributed by atoms with Gasteiger partial charge in [-0.3, -0.25) is 0 Å². The number of thiocarbonyl (C=S) groups is 1. The van der Waals surface area contributed by atoms with Crippen molar-refractivity contribution in [3.8, 4) is 0 Å². The molecule has 0 aromatic heterocycles. The Bertz CT molecular complexity index is 293. The second-order valence-corrected chi connectivity index (χ2v) is 7.04. The highest BCUT2D eigenvalue weighted by atomic mass is 32.2. The van der Waals surface area contributed by atoms with Gasteiger partial charge in [-0.05, 0) is 19.9 Å². The van der Waals surface area contributed by atoms with Crippen LogP contribution in [-0.2, 0) is 4.74 Å². The van der Waals surface area contributed by atoms with E-state index < -0.39 is 0 Å². The van der Waals surface area contributed by atoms with Crippen molar-refractivity contribution in [1.29, 1.82) is 0 Å². The Morgan fingerprint density at radius 2 is 2.07 bits per heavy atom. The van der Waals surface area contributed by atoms with Gasteiger partial charge in [0.2, 0.25) is 0 Å². The molecule has 0 N–H and O–H groups in total. The SMILES string of the molecule is CC1(C)CC(N2CCOCC2)=CC(=S)S1. The largest absolute Gasteiger partial charge is 0.378 e. The lowest BCUT2D eigenvalue weighted by molar-refractivity contribution is 0.0516. The van der Waals surface area contributed by atoms with Crippen LogP contribution in [0.25, 0.3) is 0 Å². The van der Waals surface area contributed by atoms with Crippen LogP contribution in [0.3, 0.4) is 0 Å². The molecule has 0 aliphatic carbocycles. The quantitative estimate of drug-likeness (QED) is 0.656. The van der Waals surface area contributed by atoms with E-state index in [1.54, 1.807) is 0 Å². The summed E-state index contributed by atoms with van der Waals surface area (Å²) in [5.74, 6) is 0. The zero-order chi connectivity index (χ0) is 10.9. The molecule has 84 valence electrons. The van der Waals surface area contributed by atoms with Crippen LogP contribution in [0.1, 0.15) is 20.3 Å². The maximum Gasteiger partial charge on any atom is 0.0728 e. The van der Waals surface area contributed by atoms with Crippen molar-refractivity contribution < 1.29 is 4.74 Å². The molecule has 2 aliphatic heterocycles. The number of morpholine rings is 1. The van der Waals surface area contributed by atoms with Gasteiger partial charge < -0.3 is 9.64 Å². The van der Waals surface area contributed by atoms with E-state index >= 15 is 0 Å². The van der Waals surface area contributed by atoms with Crippen molar-refractivity contribution in [2.45, 2.75) is 25.0 Å². The first-order valence-electron chi connectivity index (χ1n) is 5.33. The molecule has 0 unspecified atom stereocenters. The molecule has 2 aliphatic rings. The minimum atomic E-state index is 0.249. The van der Waals surface area contributed by atoms with E-state index in [9.17, 15) is 0 Å². The van der Waals surface area contributed by atoms with Crippen molar-refractivity contribution in [3.63, 3.8) is 0 Å². The maximum atomic E-state index is 5.36.